The minimum absolute atomic E-state index is 0.530. The highest BCUT2D eigenvalue weighted by atomic mass is 79.9. The fourth-order valence-corrected chi connectivity index (χ4v) is 2.51. The Hall–Kier alpha value is -2.01. The van der Waals surface area contributed by atoms with Crippen molar-refractivity contribution in [2.75, 3.05) is 12.4 Å². The zero-order valence-corrected chi connectivity index (χ0v) is 13.3. The monoisotopic (exact) mass is 349 g/mol. The Balaban J connectivity index is 2.51. The SMILES string of the molecule is COc1ccccc1C(C)(Nc1ccccc1Br)C(=O)O. The van der Waals surface area contributed by atoms with Crippen LogP contribution in [0.3, 0.4) is 0 Å². The van der Waals surface area contributed by atoms with Gasteiger partial charge in [-0.1, -0.05) is 30.3 Å². The molecule has 2 rings (SSSR count). The van der Waals surface area contributed by atoms with E-state index in [1.54, 1.807) is 25.1 Å². The number of para-hydroxylation sites is 2. The third kappa shape index (κ3) is 3.03. The molecule has 0 aliphatic rings. The molecule has 2 aromatic carbocycles. The summed E-state index contributed by atoms with van der Waals surface area (Å²) in [6.45, 7) is 1.62. The summed E-state index contributed by atoms with van der Waals surface area (Å²) >= 11 is 3.42. The summed E-state index contributed by atoms with van der Waals surface area (Å²) in [5, 5.41) is 12.8. The summed E-state index contributed by atoms with van der Waals surface area (Å²) in [6.07, 6.45) is 0. The smallest absolute Gasteiger partial charge is 0.333 e. The molecule has 2 aromatic rings. The molecule has 0 spiro atoms. The molecule has 0 amide bonds. The van der Waals surface area contributed by atoms with Crippen LogP contribution in [0.5, 0.6) is 5.75 Å². The van der Waals surface area contributed by atoms with Crippen LogP contribution in [0.4, 0.5) is 5.69 Å². The van der Waals surface area contributed by atoms with E-state index >= 15 is 0 Å². The quantitative estimate of drug-likeness (QED) is 0.860. The van der Waals surface area contributed by atoms with Crippen molar-refractivity contribution in [3.05, 3.63) is 58.6 Å². The summed E-state index contributed by atoms with van der Waals surface area (Å²) < 4.78 is 6.09. The first-order valence-electron chi connectivity index (χ1n) is 6.38. The molecule has 0 bridgehead atoms. The molecule has 0 aliphatic carbocycles. The molecule has 0 aromatic heterocycles. The van der Waals surface area contributed by atoms with Crippen molar-refractivity contribution in [3.63, 3.8) is 0 Å². The molecule has 110 valence electrons. The number of benzene rings is 2. The van der Waals surface area contributed by atoms with E-state index in [-0.39, 0.29) is 0 Å². The van der Waals surface area contributed by atoms with Crippen molar-refractivity contribution < 1.29 is 14.6 Å². The van der Waals surface area contributed by atoms with E-state index in [2.05, 4.69) is 21.2 Å². The molecule has 21 heavy (non-hydrogen) atoms. The lowest BCUT2D eigenvalue weighted by Crippen LogP contribution is -2.40. The largest absolute Gasteiger partial charge is 0.496 e. The molecular weight excluding hydrogens is 334 g/mol. The van der Waals surface area contributed by atoms with Crippen molar-refractivity contribution >= 4 is 27.6 Å². The van der Waals surface area contributed by atoms with Gasteiger partial charge in [-0.15, -0.1) is 0 Å². The fourth-order valence-electron chi connectivity index (χ4n) is 2.13. The highest BCUT2D eigenvalue weighted by molar-refractivity contribution is 9.10. The topological polar surface area (TPSA) is 58.6 Å². The summed E-state index contributed by atoms with van der Waals surface area (Å²) in [6, 6.07) is 14.5. The van der Waals surface area contributed by atoms with Gasteiger partial charge in [-0.05, 0) is 41.1 Å². The Labute approximate surface area is 131 Å². The predicted octanol–water partition coefficient (Wildman–Crippen LogP) is 3.87. The van der Waals surface area contributed by atoms with Crippen molar-refractivity contribution in [2.45, 2.75) is 12.5 Å². The van der Waals surface area contributed by atoms with Gasteiger partial charge in [0.1, 0.15) is 5.75 Å². The van der Waals surface area contributed by atoms with Crippen molar-refractivity contribution in [1.82, 2.24) is 0 Å². The second-order valence-corrected chi connectivity index (χ2v) is 5.59. The third-order valence-electron chi connectivity index (χ3n) is 3.33. The number of anilines is 1. The Kier molecular flexibility index (Phi) is 4.53. The Morgan fingerprint density at radius 1 is 1.19 bits per heavy atom. The van der Waals surface area contributed by atoms with Crippen LogP contribution in [0.15, 0.2) is 53.0 Å². The standard InChI is InChI=1S/C16H16BrNO3/c1-16(15(19)20,11-7-3-6-10-14(11)21-2)18-13-9-5-4-8-12(13)17/h3-10,18H,1-2H3,(H,19,20). The molecule has 5 heteroatoms. The van der Waals surface area contributed by atoms with Gasteiger partial charge in [0, 0.05) is 15.7 Å². The highest BCUT2D eigenvalue weighted by Crippen LogP contribution is 2.35. The molecule has 2 N–H and O–H groups in total. The number of carboxylic acids is 1. The number of halogens is 1. The van der Waals surface area contributed by atoms with Crippen molar-refractivity contribution in [2.24, 2.45) is 0 Å². The van der Waals surface area contributed by atoms with E-state index in [0.717, 1.165) is 4.47 Å². The van der Waals surface area contributed by atoms with Gasteiger partial charge in [0.2, 0.25) is 0 Å². The summed E-state index contributed by atoms with van der Waals surface area (Å²) in [5.41, 5.74) is -0.0414. The molecular formula is C16H16BrNO3. The maximum absolute atomic E-state index is 11.9. The summed E-state index contributed by atoms with van der Waals surface area (Å²) in [7, 11) is 1.53. The van der Waals surface area contributed by atoms with E-state index < -0.39 is 11.5 Å². The van der Waals surface area contributed by atoms with Crippen molar-refractivity contribution in [3.8, 4) is 5.75 Å². The second-order valence-electron chi connectivity index (χ2n) is 4.74. The summed E-state index contributed by atoms with van der Waals surface area (Å²) in [4.78, 5) is 11.9. The van der Waals surface area contributed by atoms with Crippen LogP contribution < -0.4 is 10.1 Å². The Morgan fingerprint density at radius 3 is 2.43 bits per heavy atom. The maximum atomic E-state index is 11.9. The zero-order valence-electron chi connectivity index (χ0n) is 11.8. The van der Waals surface area contributed by atoms with Crippen LogP contribution in [0.2, 0.25) is 0 Å². The Bertz CT molecular complexity index is 659. The van der Waals surface area contributed by atoms with Gasteiger partial charge in [-0.3, -0.25) is 0 Å². The van der Waals surface area contributed by atoms with Crippen LogP contribution in [-0.2, 0) is 10.3 Å². The first-order valence-corrected chi connectivity index (χ1v) is 7.18. The molecule has 4 nitrogen and oxygen atoms in total. The van der Waals surface area contributed by atoms with Gasteiger partial charge in [0.05, 0.1) is 7.11 Å². The van der Waals surface area contributed by atoms with E-state index in [9.17, 15) is 9.90 Å². The van der Waals surface area contributed by atoms with Crippen LogP contribution in [-0.4, -0.2) is 18.2 Å². The fraction of sp³-hybridized carbons (Fsp3) is 0.188. The van der Waals surface area contributed by atoms with Gasteiger partial charge >= 0.3 is 5.97 Å². The molecule has 0 saturated carbocycles. The average Bonchev–Trinajstić information content (AvgIpc) is 2.49. The maximum Gasteiger partial charge on any atom is 0.333 e. The molecule has 0 aliphatic heterocycles. The van der Waals surface area contributed by atoms with Crippen LogP contribution in [0.25, 0.3) is 0 Å². The first kappa shape index (κ1) is 15.4. The molecule has 1 unspecified atom stereocenters. The minimum Gasteiger partial charge on any atom is -0.496 e. The first-order chi connectivity index (χ1) is 9.99. The van der Waals surface area contributed by atoms with Gasteiger partial charge in [0.25, 0.3) is 0 Å². The lowest BCUT2D eigenvalue weighted by atomic mass is 9.90. The van der Waals surface area contributed by atoms with Gasteiger partial charge in [-0.25, -0.2) is 4.79 Å². The van der Waals surface area contributed by atoms with E-state index in [1.165, 1.54) is 7.11 Å². The van der Waals surface area contributed by atoms with Crippen LogP contribution in [0.1, 0.15) is 12.5 Å². The molecule has 0 saturated heterocycles. The van der Waals surface area contributed by atoms with E-state index in [1.807, 2.05) is 30.3 Å². The second kappa shape index (κ2) is 6.18. The van der Waals surface area contributed by atoms with Crippen molar-refractivity contribution in [1.29, 1.82) is 0 Å². The third-order valence-corrected chi connectivity index (χ3v) is 4.02. The number of ether oxygens (including phenoxy) is 1. The lowest BCUT2D eigenvalue weighted by molar-refractivity contribution is -0.142. The lowest BCUT2D eigenvalue weighted by Gasteiger charge is -2.29. The number of methoxy groups -OCH3 is 1. The summed E-state index contributed by atoms with van der Waals surface area (Å²) in [5.74, 6) is -0.454. The molecule has 0 heterocycles. The minimum atomic E-state index is -1.31. The van der Waals surface area contributed by atoms with Crippen LogP contribution in [0, 0.1) is 0 Å². The number of aliphatic carboxylic acids is 1. The number of carbonyl (C=O) groups is 1. The number of hydrogen-bond donors (Lipinski definition) is 2. The number of carboxylic acid groups (broad SMARTS) is 1. The predicted molar refractivity (Wildman–Crippen MR) is 85.7 cm³/mol. The van der Waals surface area contributed by atoms with E-state index in [0.29, 0.717) is 17.0 Å². The molecule has 0 radical (unpaired) electrons. The Morgan fingerprint density at radius 2 is 1.81 bits per heavy atom. The zero-order chi connectivity index (χ0) is 15.5. The molecule has 1 atom stereocenters. The normalized spacial score (nSPS) is 13.3. The van der Waals surface area contributed by atoms with E-state index in [4.69, 9.17) is 4.74 Å². The van der Waals surface area contributed by atoms with Crippen LogP contribution >= 0.6 is 15.9 Å². The number of nitrogens with one attached hydrogen (secondary N) is 1. The number of rotatable bonds is 5. The molecule has 0 fully saturated rings. The van der Waals surface area contributed by atoms with Gasteiger partial charge in [-0.2, -0.15) is 0 Å². The van der Waals surface area contributed by atoms with Gasteiger partial charge < -0.3 is 15.2 Å². The average molecular weight is 350 g/mol. The number of hydrogen-bond acceptors (Lipinski definition) is 3. The highest BCUT2D eigenvalue weighted by Gasteiger charge is 2.38. The van der Waals surface area contributed by atoms with Gasteiger partial charge in [0.15, 0.2) is 5.54 Å².